The number of aromatic hydroxyl groups is 1. The number of nitriles is 1. The molecule has 0 fully saturated rings. The van der Waals surface area contributed by atoms with Gasteiger partial charge in [0.2, 0.25) is 0 Å². The van der Waals surface area contributed by atoms with Gasteiger partial charge in [0.25, 0.3) is 0 Å². The second-order valence-corrected chi connectivity index (χ2v) is 2.94. The highest BCUT2D eigenvalue weighted by atomic mass is 19.1. The van der Waals surface area contributed by atoms with Crippen LogP contribution in [0.2, 0.25) is 0 Å². The fourth-order valence-electron chi connectivity index (χ4n) is 1.40. The van der Waals surface area contributed by atoms with Gasteiger partial charge in [0.1, 0.15) is 23.2 Å². The van der Waals surface area contributed by atoms with Gasteiger partial charge in [-0.15, -0.1) is 0 Å². The Hall–Kier alpha value is -2.08. The molecule has 0 saturated heterocycles. The van der Waals surface area contributed by atoms with Gasteiger partial charge in [0, 0.05) is 5.39 Å². The molecular weight excluding hydrogens is 181 g/mol. The molecule has 2 nitrogen and oxygen atoms in total. The summed E-state index contributed by atoms with van der Waals surface area (Å²) in [6, 6.07) is 9.06. The fourth-order valence-corrected chi connectivity index (χ4v) is 1.40. The Kier molecular flexibility index (Phi) is 1.83. The van der Waals surface area contributed by atoms with E-state index in [9.17, 15) is 9.50 Å². The zero-order valence-corrected chi connectivity index (χ0v) is 7.16. The molecule has 0 aliphatic rings. The van der Waals surface area contributed by atoms with Crippen LogP contribution >= 0.6 is 0 Å². The molecular formula is C11H6FNO. The van der Waals surface area contributed by atoms with Gasteiger partial charge >= 0.3 is 0 Å². The molecule has 0 heterocycles. The minimum Gasteiger partial charge on any atom is -0.507 e. The summed E-state index contributed by atoms with van der Waals surface area (Å²) in [6.07, 6.45) is 0. The average Bonchev–Trinajstić information content (AvgIpc) is 2.17. The lowest BCUT2D eigenvalue weighted by molar-refractivity contribution is 0.474. The summed E-state index contributed by atoms with van der Waals surface area (Å²) in [5, 5.41) is 19.3. The maximum Gasteiger partial charge on any atom is 0.133 e. The molecule has 2 aromatic rings. The molecule has 0 radical (unpaired) electrons. The van der Waals surface area contributed by atoms with Crippen LogP contribution in [0.5, 0.6) is 5.75 Å². The molecule has 0 atom stereocenters. The maximum absolute atomic E-state index is 12.9. The molecule has 0 unspecified atom stereocenters. The fraction of sp³-hybridized carbons (Fsp3) is 0. The Morgan fingerprint density at radius 1 is 1.21 bits per heavy atom. The van der Waals surface area contributed by atoms with E-state index in [4.69, 9.17) is 5.26 Å². The minimum absolute atomic E-state index is 0.113. The molecule has 0 bridgehead atoms. The Labute approximate surface area is 79.8 Å². The minimum atomic E-state index is -0.417. The van der Waals surface area contributed by atoms with Gasteiger partial charge in [0.05, 0.1) is 0 Å². The number of hydrogen-bond acceptors (Lipinski definition) is 2. The van der Waals surface area contributed by atoms with Crippen LogP contribution in [-0.4, -0.2) is 5.11 Å². The smallest absolute Gasteiger partial charge is 0.133 e. The van der Waals surface area contributed by atoms with E-state index in [0.717, 1.165) is 5.39 Å². The van der Waals surface area contributed by atoms with Crippen LogP contribution in [0.1, 0.15) is 5.56 Å². The summed E-state index contributed by atoms with van der Waals surface area (Å²) in [4.78, 5) is 0. The summed E-state index contributed by atoms with van der Waals surface area (Å²) < 4.78 is 12.9. The van der Waals surface area contributed by atoms with E-state index in [2.05, 4.69) is 0 Å². The van der Waals surface area contributed by atoms with E-state index >= 15 is 0 Å². The molecule has 2 rings (SSSR count). The molecule has 1 N–H and O–H groups in total. The van der Waals surface area contributed by atoms with Crippen LogP contribution in [0.3, 0.4) is 0 Å². The molecule has 14 heavy (non-hydrogen) atoms. The van der Waals surface area contributed by atoms with Crippen molar-refractivity contribution in [3.05, 3.63) is 41.7 Å². The highest BCUT2D eigenvalue weighted by Gasteiger charge is 2.06. The van der Waals surface area contributed by atoms with Crippen LogP contribution in [0.25, 0.3) is 10.8 Å². The zero-order valence-electron chi connectivity index (χ0n) is 7.16. The van der Waals surface area contributed by atoms with Crippen molar-refractivity contribution in [1.29, 1.82) is 5.26 Å². The molecule has 0 aromatic heterocycles. The number of phenolic OH excluding ortho intramolecular Hbond substituents is 1. The van der Waals surface area contributed by atoms with Gasteiger partial charge in [-0.1, -0.05) is 12.1 Å². The van der Waals surface area contributed by atoms with Crippen LogP contribution in [0, 0.1) is 17.1 Å². The van der Waals surface area contributed by atoms with Crippen molar-refractivity contribution in [3.8, 4) is 11.8 Å². The van der Waals surface area contributed by atoms with Crippen molar-refractivity contribution < 1.29 is 9.50 Å². The number of hydrogen-bond donors (Lipinski definition) is 1. The SMILES string of the molecule is N#Cc1c(O)ccc2ccc(F)cc12. The number of phenols is 1. The van der Waals surface area contributed by atoms with Crippen molar-refractivity contribution in [2.24, 2.45) is 0 Å². The lowest BCUT2D eigenvalue weighted by atomic mass is 10.0. The molecule has 0 saturated carbocycles. The third-order valence-electron chi connectivity index (χ3n) is 2.07. The number of rotatable bonds is 0. The number of benzene rings is 2. The molecule has 0 aliphatic heterocycles. The first-order valence-electron chi connectivity index (χ1n) is 4.03. The highest BCUT2D eigenvalue weighted by molar-refractivity contribution is 5.90. The number of fused-ring (bicyclic) bond motifs is 1. The molecule has 0 amide bonds. The van der Waals surface area contributed by atoms with E-state index in [0.29, 0.717) is 5.39 Å². The zero-order chi connectivity index (χ0) is 10.1. The first kappa shape index (κ1) is 8.52. The van der Waals surface area contributed by atoms with Crippen LogP contribution in [-0.2, 0) is 0 Å². The number of nitrogens with zero attached hydrogens (tertiary/aromatic N) is 1. The van der Waals surface area contributed by atoms with E-state index < -0.39 is 5.82 Å². The Morgan fingerprint density at radius 2 is 1.93 bits per heavy atom. The van der Waals surface area contributed by atoms with E-state index in [1.54, 1.807) is 12.1 Å². The van der Waals surface area contributed by atoms with Gasteiger partial charge in [-0.25, -0.2) is 4.39 Å². The summed E-state index contributed by atoms with van der Waals surface area (Å²) in [7, 11) is 0. The Morgan fingerprint density at radius 3 is 2.64 bits per heavy atom. The maximum atomic E-state index is 12.9. The van der Waals surface area contributed by atoms with Gasteiger partial charge in [0.15, 0.2) is 0 Å². The Bertz CT molecular complexity index is 537. The second kappa shape index (κ2) is 3.00. The standard InChI is InChI=1S/C11H6FNO/c12-8-3-1-7-2-4-11(14)10(6-13)9(7)5-8/h1-5,14H. The normalized spacial score (nSPS) is 10.0. The average molecular weight is 187 g/mol. The number of halogens is 1. The second-order valence-electron chi connectivity index (χ2n) is 2.94. The van der Waals surface area contributed by atoms with Crippen molar-refractivity contribution in [2.45, 2.75) is 0 Å². The predicted octanol–water partition coefficient (Wildman–Crippen LogP) is 2.56. The van der Waals surface area contributed by atoms with Crippen molar-refractivity contribution in [3.63, 3.8) is 0 Å². The largest absolute Gasteiger partial charge is 0.507 e. The summed E-state index contributed by atoms with van der Waals surface area (Å²) >= 11 is 0. The van der Waals surface area contributed by atoms with Crippen molar-refractivity contribution in [2.75, 3.05) is 0 Å². The van der Waals surface area contributed by atoms with Crippen LogP contribution < -0.4 is 0 Å². The monoisotopic (exact) mass is 187 g/mol. The molecule has 0 aliphatic carbocycles. The molecule has 0 spiro atoms. The summed E-state index contributed by atoms with van der Waals surface area (Å²) in [5.41, 5.74) is 0.113. The van der Waals surface area contributed by atoms with Gasteiger partial charge < -0.3 is 5.11 Å². The quantitative estimate of drug-likeness (QED) is 0.688. The molecule has 3 heteroatoms. The Balaban J connectivity index is 2.93. The van der Waals surface area contributed by atoms with Crippen molar-refractivity contribution in [1.82, 2.24) is 0 Å². The first-order valence-corrected chi connectivity index (χ1v) is 4.03. The summed E-state index contributed by atoms with van der Waals surface area (Å²) in [6.45, 7) is 0. The highest BCUT2D eigenvalue weighted by Crippen LogP contribution is 2.26. The van der Waals surface area contributed by atoms with Crippen molar-refractivity contribution >= 4 is 10.8 Å². The third kappa shape index (κ3) is 1.17. The van der Waals surface area contributed by atoms with Crippen LogP contribution in [0.15, 0.2) is 30.3 Å². The summed E-state index contributed by atoms with van der Waals surface area (Å²) in [5.74, 6) is -0.537. The molecule has 68 valence electrons. The van der Waals surface area contributed by atoms with Gasteiger partial charge in [-0.05, 0) is 23.6 Å². The molecule has 2 aromatic carbocycles. The van der Waals surface area contributed by atoms with Gasteiger partial charge in [-0.2, -0.15) is 5.26 Å². The lowest BCUT2D eigenvalue weighted by Crippen LogP contribution is -1.82. The van der Waals surface area contributed by atoms with E-state index in [1.807, 2.05) is 6.07 Å². The van der Waals surface area contributed by atoms with E-state index in [-0.39, 0.29) is 11.3 Å². The van der Waals surface area contributed by atoms with E-state index in [1.165, 1.54) is 18.2 Å². The first-order chi connectivity index (χ1) is 6.72. The third-order valence-corrected chi connectivity index (χ3v) is 2.07. The van der Waals surface area contributed by atoms with Gasteiger partial charge in [-0.3, -0.25) is 0 Å². The predicted molar refractivity (Wildman–Crippen MR) is 50.3 cm³/mol. The van der Waals surface area contributed by atoms with Crippen LogP contribution in [0.4, 0.5) is 4.39 Å². The lowest BCUT2D eigenvalue weighted by Gasteiger charge is -2.01. The topological polar surface area (TPSA) is 44.0 Å².